The molecule has 0 N–H and O–H groups in total. The number of hydrogen-bond acceptors (Lipinski definition) is 3. The highest BCUT2D eigenvalue weighted by Gasteiger charge is 2.15. The minimum atomic E-state index is -0.167. The summed E-state index contributed by atoms with van der Waals surface area (Å²) in [4.78, 5) is 12.5. The minimum absolute atomic E-state index is 0.167. The zero-order valence-electron chi connectivity index (χ0n) is 8.71. The SMILES string of the molecule is CCOC(=O)C1=C(S)CCCCCC1. The van der Waals surface area contributed by atoms with Crippen LogP contribution in [0.25, 0.3) is 0 Å². The second-order valence-corrected chi connectivity index (χ2v) is 4.10. The number of allylic oxidation sites excluding steroid dienone is 1. The molecule has 1 rings (SSSR count). The molecule has 0 heterocycles. The van der Waals surface area contributed by atoms with Gasteiger partial charge in [-0.25, -0.2) is 4.79 Å². The molecule has 0 unspecified atom stereocenters. The van der Waals surface area contributed by atoms with Crippen molar-refractivity contribution < 1.29 is 9.53 Å². The molecular weight excluding hydrogens is 196 g/mol. The fourth-order valence-corrected chi connectivity index (χ4v) is 2.04. The zero-order valence-corrected chi connectivity index (χ0v) is 9.61. The van der Waals surface area contributed by atoms with Crippen molar-refractivity contribution in [2.24, 2.45) is 0 Å². The van der Waals surface area contributed by atoms with E-state index >= 15 is 0 Å². The maximum atomic E-state index is 11.5. The molecule has 14 heavy (non-hydrogen) atoms. The Bertz CT molecular complexity index is 233. The summed E-state index contributed by atoms with van der Waals surface area (Å²) in [6.07, 6.45) is 6.44. The van der Waals surface area contributed by atoms with E-state index in [1.807, 2.05) is 6.92 Å². The van der Waals surface area contributed by atoms with Gasteiger partial charge in [0.15, 0.2) is 0 Å². The summed E-state index contributed by atoms with van der Waals surface area (Å²) in [5, 5.41) is 0. The van der Waals surface area contributed by atoms with Gasteiger partial charge in [-0.1, -0.05) is 12.8 Å². The highest BCUT2D eigenvalue weighted by Crippen LogP contribution is 2.26. The molecule has 0 saturated heterocycles. The smallest absolute Gasteiger partial charge is 0.334 e. The van der Waals surface area contributed by atoms with Crippen LogP contribution in [0.4, 0.5) is 0 Å². The van der Waals surface area contributed by atoms with Crippen LogP contribution >= 0.6 is 12.6 Å². The van der Waals surface area contributed by atoms with Gasteiger partial charge in [-0.05, 0) is 37.5 Å². The van der Waals surface area contributed by atoms with Crippen LogP contribution in [-0.2, 0) is 9.53 Å². The van der Waals surface area contributed by atoms with Gasteiger partial charge in [-0.3, -0.25) is 0 Å². The molecule has 0 fully saturated rings. The average Bonchev–Trinajstić information content (AvgIpc) is 2.12. The Morgan fingerprint density at radius 2 is 1.93 bits per heavy atom. The topological polar surface area (TPSA) is 26.3 Å². The van der Waals surface area contributed by atoms with E-state index < -0.39 is 0 Å². The molecule has 0 amide bonds. The highest BCUT2D eigenvalue weighted by atomic mass is 32.1. The van der Waals surface area contributed by atoms with Crippen molar-refractivity contribution in [3.05, 3.63) is 10.5 Å². The van der Waals surface area contributed by atoms with Gasteiger partial charge in [0.1, 0.15) is 0 Å². The van der Waals surface area contributed by atoms with Gasteiger partial charge in [0.2, 0.25) is 0 Å². The van der Waals surface area contributed by atoms with Gasteiger partial charge in [-0.2, -0.15) is 0 Å². The van der Waals surface area contributed by atoms with Crippen molar-refractivity contribution in [3.8, 4) is 0 Å². The molecule has 1 aliphatic carbocycles. The third-order valence-corrected chi connectivity index (χ3v) is 2.95. The molecule has 0 bridgehead atoms. The van der Waals surface area contributed by atoms with Gasteiger partial charge in [0.05, 0.1) is 6.61 Å². The van der Waals surface area contributed by atoms with Gasteiger partial charge >= 0.3 is 5.97 Å². The van der Waals surface area contributed by atoms with E-state index in [0.717, 1.165) is 36.2 Å². The molecule has 0 aliphatic heterocycles. The van der Waals surface area contributed by atoms with Crippen molar-refractivity contribution in [2.45, 2.75) is 45.4 Å². The lowest BCUT2D eigenvalue weighted by molar-refractivity contribution is -0.138. The molecular formula is C11H18O2S. The molecule has 1 aliphatic rings. The minimum Gasteiger partial charge on any atom is -0.463 e. The summed E-state index contributed by atoms with van der Waals surface area (Å²) in [6.45, 7) is 2.28. The van der Waals surface area contributed by atoms with Crippen LogP contribution in [0.5, 0.6) is 0 Å². The van der Waals surface area contributed by atoms with Crippen molar-refractivity contribution >= 4 is 18.6 Å². The van der Waals surface area contributed by atoms with Crippen LogP contribution in [0.2, 0.25) is 0 Å². The first-order chi connectivity index (χ1) is 6.75. The van der Waals surface area contributed by atoms with Gasteiger partial charge in [0, 0.05) is 5.57 Å². The van der Waals surface area contributed by atoms with E-state index in [4.69, 9.17) is 4.74 Å². The van der Waals surface area contributed by atoms with Crippen molar-refractivity contribution in [1.82, 2.24) is 0 Å². The van der Waals surface area contributed by atoms with E-state index in [1.165, 1.54) is 12.8 Å². The summed E-state index contributed by atoms with van der Waals surface area (Å²) in [5.74, 6) is -0.167. The molecule has 0 saturated carbocycles. The van der Waals surface area contributed by atoms with Crippen LogP contribution in [0.1, 0.15) is 45.4 Å². The van der Waals surface area contributed by atoms with E-state index in [9.17, 15) is 4.79 Å². The molecule has 0 aromatic heterocycles. The van der Waals surface area contributed by atoms with E-state index in [1.54, 1.807) is 0 Å². The number of carbonyl (C=O) groups excluding carboxylic acids is 1. The normalized spacial score (nSPS) is 18.7. The quantitative estimate of drug-likeness (QED) is 0.564. The third-order valence-electron chi connectivity index (χ3n) is 2.46. The number of rotatable bonds is 2. The van der Waals surface area contributed by atoms with Crippen LogP contribution in [0, 0.1) is 0 Å². The van der Waals surface area contributed by atoms with Gasteiger partial charge in [-0.15, -0.1) is 12.6 Å². The molecule has 0 aromatic rings. The fourth-order valence-electron chi connectivity index (χ4n) is 1.68. The first kappa shape index (κ1) is 11.6. The summed E-state index contributed by atoms with van der Waals surface area (Å²) in [5.41, 5.74) is 0.801. The summed E-state index contributed by atoms with van der Waals surface area (Å²) >= 11 is 4.38. The summed E-state index contributed by atoms with van der Waals surface area (Å²) < 4.78 is 5.00. The van der Waals surface area contributed by atoms with Crippen LogP contribution in [0.3, 0.4) is 0 Å². The van der Waals surface area contributed by atoms with Gasteiger partial charge < -0.3 is 4.74 Å². The maximum Gasteiger partial charge on any atom is 0.334 e. The largest absolute Gasteiger partial charge is 0.463 e. The highest BCUT2D eigenvalue weighted by molar-refractivity contribution is 7.84. The third kappa shape index (κ3) is 3.37. The van der Waals surface area contributed by atoms with Crippen molar-refractivity contribution in [2.75, 3.05) is 6.61 Å². The summed E-state index contributed by atoms with van der Waals surface area (Å²) in [6, 6.07) is 0. The Balaban J connectivity index is 2.68. The Morgan fingerprint density at radius 1 is 1.29 bits per heavy atom. The maximum absolute atomic E-state index is 11.5. The first-order valence-corrected chi connectivity index (χ1v) is 5.78. The Labute approximate surface area is 91.1 Å². The van der Waals surface area contributed by atoms with Crippen LogP contribution < -0.4 is 0 Å². The number of ether oxygens (including phenoxy) is 1. The molecule has 0 atom stereocenters. The molecule has 0 spiro atoms. The second-order valence-electron chi connectivity index (χ2n) is 3.56. The number of carbonyl (C=O) groups is 1. The zero-order chi connectivity index (χ0) is 10.4. The predicted molar refractivity (Wildman–Crippen MR) is 60.3 cm³/mol. The van der Waals surface area contributed by atoms with E-state index in [2.05, 4.69) is 12.6 Å². The Hall–Kier alpha value is -0.440. The Kier molecular flexibility index (Phi) is 5.09. The predicted octanol–water partition coefficient (Wildman–Crippen LogP) is 3.09. The van der Waals surface area contributed by atoms with Crippen LogP contribution in [0.15, 0.2) is 10.5 Å². The first-order valence-electron chi connectivity index (χ1n) is 5.33. The van der Waals surface area contributed by atoms with Crippen molar-refractivity contribution in [1.29, 1.82) is 0 Å². The average molecular weight is 214 g/mol. The molecule has 3 heteroatoms. The standard InChI is InChI=1S/C11H18O2S/c1-2-13-11(12)9-7-5-3-4-6-8-10(9)14/h14H,2-8H2,1H3. The fraction of sp³-hybridized carbons (Fsp3) is 0.727. The molecule has 0 aromatic carbocycles. The molecule has 2 nitrogen and oxygen atoms in total. The van der Waals surface area contributed by atoms with Crippen molar-refractivity contribution in [3.63, 3.8) is 0 Å². The van der Waals surface area contributed by atoms with Gasteiger partial charge in [0.25, 0.3) is 0 Å². The monoisotopic (exact) mass is 214 g/mol. The number of hydrogen-bond donors (Lipinski definition) is 1. The number of thiol groups is 1. The lowest BCUT2D eigenvalue weighted by atomic mass is 10.00. The van der Waals surface area contributed by atoms with Crippen LogP contribution in [-0.4, -0.2) is 12.6 Å². The summed E-state index contributed by atoms with van der Waals surface area (Å²) in [7, 11) is 0. The molecule has 0 radical (unpaired) electrons. The molecule has 80 valence electrons. The Morgan fingerprint density at radius 3 is 2.57 bits per heavy atom. The van der Waals surface area contributed by atoms with E-state index in [-0.39, 0.29) is 5.97 Å². The lowest BCUT2D eigenvalue weighted by Gasteiger charge is -2.13. The second kappa shape index (κ2) is 6.12. The van der Waals surface area contributed by atoms with E-state index in [0.29, 0.717) is 6.61 Å². The number of esters is 1. The lowest BCUT2D eigenvalue weighted by Crippen LogP contribution is -2.10.